The van der Waals surface area contributed by atoms with Gasteiger partial charge in [-0.25, -0.2) is 0 Å². The van der Waals surface area contributed by atoms with Crippen molar-refractivity contribution in [2.45, 2.75) is 474 Å². The minimum Gasteiger partial charge on any atom is -0.294 e. The Morgan fingerprint density at radius 3 is 0.800 bits per heavy atom. The number of nitrogens with zero attached hydrogens (tertiary/aromatic N) is 2. The first-order valence-corrected chi connectivity index (χ1v) is 51.3. The van der Waals surface area contributed by atoms with Crippen LogP contribution in [-0.2, 0) is 0 Å². The lowest BCUT2D eigenvalue weighted by atomic mass is 9.53. The zero-order valence-corrected chi connectivity index (χ0v) is 69.7. The van der Waals surface area contributed by atoms with Crippen LogP contribution in [0.4, 0.5) is 0 Å². The Morgan fingerprint density at radius 2 is 0.371 bits per heavy atom. The number of hydrogen-bond donors (Lipinski definition) is 0. The lowest BCUT2D eigenvalue weighted by Gasteiger charge is -2.54. The van der Waals surface area contributed by atoms with E-state index < -0.39 is 0 Å². The smallest absolute Gasteiger partial charge is 0.0104 e. The van der Waals surface area contributed by atoms with Gasteiger partial charge in [-0.2, -0.15) is 0 Å². The lowest BCUT2D eigenvalue weighted by molar-refractivity contribution is -0.0432. The van der Waals surface area contributed by atoms with Gasteiger partial charge in [-0.1, -0.05) is 226 Å². The summed E-state index contributed by atoms with van der Waals surface area (Å²) in [7, 11) is 0. The zero-order valence-electron chi connectivity index (χ0n) is 69.7. The molecule has 0 bridgehead atoms. The molecule has 27 unspecified atom stereocenters. The molecule has 19 saturated carbocycles. The molecule has 19 fully saturated rings. The highest BCUT2D eigenvalue weighted by molar-refractivity contribution is 5.11. The van der Waals surface area contributed by atoms with E-state index in [9.17, 15) is 0 Å². The highest BCUT2D eigenvalue weighted by Crippen LogP contribution is 2.66. The van der Waals surface area contributed by atoms with Crippen LogP contribution in [0.1, 0.15) is 438 Å². The molecule has 0 aliphatic heterocycles. The van der Waals surface area contributed by atoms with Gasteiger partial charge in [0.15, 0.2) is 0 Å². The molecule has 0 saturated heterocycles. The molecule has 0 heterocycles. The minimum atomic E-state index is 0.480. The highest BCUT2D eigenvalue weighted by atomic mass is 15.2. The molecule has 0 spiro atoms. The number of fused-ring (bicyclic) bond motifs is 7. The second kappa shape index (κ2) is 34.0. The maximum atomic E-state index is 3.58. The largest absolute Gasteiger partial charge is 0.294 e. The Kier molecular flexibility index (Phi) is 24.3. The molecule has 0 aromatic carbocycles. The zero-order chi connectivity index (χ0) is 70.0. The summed E-state index contributed by atoms with van der Waals surface area (Å²) in [5, 5.41) is 0. The van der Waals surface area contributed by atoms with Gasteiger partial charge in [-0.05, 0) is 383 Å². The summed E-state index contributed by atoms with van der Waals surface area (Å²) in [4.78, 5) is 7.15. The summed E-state index contributed by atoms with van der Waals surface area (Å²) < 4.78 is 0. The molecule has 0 N–H and O–H groups in total. The molecule has 594 valence electrons. The van der Waals surface area contributed by atoms with Crippen LogP contribution in [0.15, 0.2) is 0 Å². The van der Waals surface area contributed by atoms with E-state index in [4.69, 9.17) is 0 Å². The molecule has 0 aromatic heterocycles. The molecule has 19 rings (SSSR count). The highest BCUT2D eigenvalue weighted by Gasteiger charge is 2.61. The second-order valence-corrected chi connectivity index (χ2v) is 46.5. The molecule has 19 aliphatic rings. The molecule has 2 heteroatoms. The van der Waals surface area contributed by atoms with Crippen LogP contribution >= 0.6 is 0 Å². The SMILES string of the molecule is CC1(C)C2CC(N(C3CCC(C4CC(C5CCC6CCCCC6C5)CC(C5CCCC6CCCCC65)C4)CC3)C3CCCC(C4CCCCC4)C3)CCC2C2CCC(N(C3CCC(C4CC(C5CCCC6CCCCC65)CC(C5CCCC6CCCCC65)C4)CC3)C3CCCC(C4CCCCC4)C3)CC21. The Bertz CT molecular complexity index is 2630. The third-order valence-corrected chi connectivity index (χ3v) is 42.2. The van der Waals surface area contributed by atoms with Gasteiger partial charge in [0.05, 0.1) is 0 Å². The molecule has 0 amide bonds. The molecular weight excluding hydrogens is 1270 g/mol. The Morgan fingerprint density at radius 1 is 0.143 bits per heavy atom. The van der Waals surface area contributed by atoms with E-state index >= 15 is 0 Å². The van der Waals surface area contributed by atoms with Gasteiger partial charge < -0.3 is 0 Å². The molecule has 2 nitrogen and oxygen atoms in total. The fraction of sp³-hybridized carbons (Fsp3) is 1.00. The average molecular weight is 1440 g/mol. The van der Waals surface area contributed by atoms with Crippen LogP contribution < -0.4 is 0 Å². The third-order valence-electron chi connectivity index (χ3n) is 42.2. The summed E-state index contributed by atoms with van der Waals surface area (Å²) in [5.74, 6) is 29.8. The molecule has 105 heavy (non-hydrogen) atoms. The number of rotatable bonds is 14. The van der Waals surface area contributed by atoms with Crippen LogP contribution in [0, 0.1) is 171 Å². The summed E-state index contributed by atoms with van der Waals surface area (Å²) in [6.07, 6.45) is 105. The normalized spacial score (nSPS) is 50.5. The van der Waals surface area contributed by atoms with Crippen molar-refractivity contribution in [3.8, 4) is 0 Å². The van der Waals surface area contributed by atoms with Crippen molar-refractivity contribution in [3.63, 3.8) is 0 Å². The molecule has 19 aliphatic carbocycles. The van der Waals surface area contributed by atoms with E-state index in [0.29, 0.717) is 5.41 Å². The summed E-state index contributed by atoms with van der Waals surface area (Å²) >= 11 is 0. The standard InChI is InChI=1S/C103H172N2/c1-103(2)101-67-91(104(89-36-17-34-78(65-89)69-22-5-3-6-23-69)87-50-46-72(47-51-87)81-59-83(80-45-44-71-26-9-10-30-77(71)58-80)63-84(60-81)96-41-19-31-74-27-11-14-38-93(74)96)54-56-99(101)100-57-55-92(68-102(100)103)105(90-37-18-35-79(66-90)70-24-7-4-8-25-70)88-52-48-73(49-53-88)82-61-85(97-42-20-32-75-28-12-15-39-94(75)97)64-86(62-82)98-43-21-33-76-29-13-16-40-95(76)98/h69-102H,3-68H2,1-2H3. The fourth-order valence-corrected chi connectivity index (χ4v) is 37.6. The number of hydrogen-bond acceptors (Lipinski definition) is 2. The summed E-state index contributed by atoms with van der Waals surface area (Å²) in [5.41, 5.74) is 0.480. The van der Waals surface area contributed by atoms with Crippen molar-refractivity contribution in [2.75, 3.05) is 0 Å². The minimum absolute atomic E-state index is 0.480. The van der Waals surface area contributed by atoms with Crippen LogP contribution in [0.2, 0.25) is 0 Å². The maximum absolute atomic E-state index is 3.58. The predicted octanol–water partition coefficient (Wildman–Crippen LogP) is 29.1. The Hall–Kier alpha value is -0.0800. The van der Waals surface area contributed by atoms with Gasteiger partial charge in [0.25, 0.3) is 0 Å². The van der Waals surface area contributed by atoms with Crippen molar-refractivity contribution >= 4 is 0 Å². The van der Waals surface area contributed by atoms with Crippen LogP contribution in [-0.4, -0.2) is 46.1 Å². The monoisotopic (exact) mass is 1440 g/mol. The third kappa shape index (κ3) is 15.9. The first-order chi connectivity index (χ1) is 51.8. The first kappa shape index (κ1) is 75.0. The molecule has 0 radical (unpaired) electrons. The van der Waals surface area contributed by atoms with Gasteiger partial charge in [-0.3, -0.25) is 9.80 Å². The van der Waals surface area contributed by atoms with E-state index in [1.54, 1.807) is 411 Å². The van der Waals surface area contributed by atoms with Crippen molar-refractivity contribution in [3.05, 3.63) is 0 Å². The summed E-state index contributed by atoms with van der Waals surface area (Å²) in [6.45, 7) is 5.96. The average Bonchev–Trinajstić information content (AvgIpc) is 1.55. The topological polar surface area (TPSA) is 6.48 Å². The van der Waals surface area contributed by atoms with Gasteiger partial charge in [0.1, 0.15) is 0 Å². The molecule has 27 atom stereocenters. The van der Waals surface area contributed by atoms with Gasteiger partial charge in [-0.15, -0.1) is 0 Å². The van der Waals surface area contributed by atoms with Crippen molar-refractivity contribution < 1.29 is 0 Å². The first-order valence-electron chi connectivity index (χ1n) is 51.3. The van der Waals surface area contributed by atoms with E-state index in [1.807, 2.05) is 0 Å². The van der Waals surface area contributed by atoms with Gasteiger partial charge in [0, 0.05) is 36.3 Å². The van der Waals surface area contributed by atoms with Crippen molar-refractivity contribution in [1.82, 2.24) is 9.80 Å². The van der Waals surface area contributed by atoms with Crippen LogP contribution in [0.25, 0.3) is 0 Å². The quantitative estimate of drug-likeness (QED) is 0.171. The van der Waals surface area contributed by atoms with Crippen LogP contribution in [0.3, 0.4) is 0 Å². The Balaban J connectivity index is 0.557. The predicted molar refractivity (Wildman–Crippen MR) is 443 cm³/mol. The second-order valence-electron chi connectivity index (χ2n) is 46.5. The van der Waals surface area contributed by atoms with Crippen molar-refractivity contribution in [1.29, 1.82) is 0 Å². The lowest BCUT2D eigenvalue weighted by Crippen LogP contribution is -2.55. The van der Waals surface area contributed by atoms with Crippen molar-refractivity contribution in [2.24, 2.45) is 171 Å². The summed E-state index contributed by atoms with van der Waals surface area (Å²) in [6, 6.07) is 5.27. The maximum Gasteiger partial charge on any atom is 0.0104 e. The Labute approximate surface area is 650 Å². The molecule has 0 aromatic rings. The van der Waals surface area contributed by atoms with Gasteiger partial charge >= 0.3 is 0 Å². The van der Waals surface area contributed by atoms with Gasteiger partial charge in [0.2, 0.25) is 0 Å². The molecular formula is C103H172N2. The fourth-order valence-electron chi connectivity index (χ4n) is 37.6. The van der Waals surface area contributed by atoms with E-state index in [2.05, 4.69) is 23.6 Å². The van der Waals surface area contributed by atoms with Crippen LogP contribution in [0.5, 0.6) is 0 Å². The van der Waals surface area contributed by atoms with E-state index in [1.165, 1.54) is 12.8 Å². The van der Waals surface area contributed by atoms with E-state index in [0.717, 1.165) is 202 Å². The van der Waals surface area contributed by atoms with E-state index in [-0.39, 0.29) is 0 Å².